The van der Waals surface area contributed by atoms with Crippen molar-refractivity contribution in [3.63, 3.8) is 0 Å². The Bertz CT molecular complexity index is 1030. The summed E-state index contributed by atoms with van der Waals surface area (Å²) in [5.41, 5.74) is 4.49. The lowest BCUT2D eigenvalue weighted by Crippen LogP contribution is -2.32. The van der Waals surface area contributed by atoms with E-state index < -0.39 is 0 Å². The summed E-state index contributed by atoms with van der Waals surface area (Å²) >= 11 is 13.1. The molecule has 3 aromatic carbocycles. The summed E-state index contributed by atoms with van der Waals surface area (Å²) in [5.74, 6) is 0.0373. The van der Waals surface area contributed by atoms with E-state index in [0.29, 0.717) is 0 Å². The summed E-state index contributed by atoms with van der Waals surface area (Å²) < 4.78 is 2.23. The molecule has 2 nitrogen and oxygen atoms in total. The monoisotopic (exact) mass is 418 g/mol. The van der Waals surface area contributed by atoms with E-state index >= 15 is 0 Å². The van der Waals surface area contributed by atoms with Crippen LogP contribution in [0.3, 0.4) is 0 Å². The van der Waals surface area contributed by atoms with Gasteiger partial charge in [-0.05, 0) is 41.1 Å². The van der Waals surface area contributed by atoms with Gasteiger partial charge in [0.2, 0.25) is 7.28 Å². The van der Waals surface area contributed by atoms with Crippen molar-refractivity contribution < 1.29 is 0 Å². The van der Waals surface area contributed by atoms with Crippen molar-refractivity contribution in [2.75, 3.05) is 0 Å². The highest BCUT2D eigenvalue weighted by Crippen LogP contribution is 2.33. The fraction of sp³-hybridized carbons (Fsp3) is 0.125. The van der Waals surface area contributed by atoms with Crippen molar-refractivity contribution >= 4 is 36.2 Å². The average Bonchev–Trinajstić information content (AvgIpc) is 3.19. The molecule has 0 amide bonds. The zero-order valence-electron chi connectivity index (χ0n) is 16.0. The fourth-order valence-electron chi connectivity index (χ4n) is 3.71. The predicted octanol–water partition coefficient (Wildman–Crippen LogP) is 5.28. The Morgan fingerprint density at radius 3 is 2.00 bits per heavy atom. The van der Waals surface area contributed by atoms with E-state index in [9.17, 15) is 0 Å². The number of benzene rings is 3. The third-order valence-electron chi connectivity index (χ3n) is 5.23. The maximum atomic E-state index is 6.57. The summed E-state index contributed by atoms with van der Waals surface area (Å²) in [6.45, 7) is 0.886. The Morgan fingerprint density at radius 2 is 1.38 bits per heavy atom. The first-order valence-electron chi connectivity index (χ1n) is 9.75. The molecule has 0 aliphatic heterocycles. The second-order valence-electron chi connectivity index (χ2n) is 7.07. The van der Waals surface area contributed by atoms with Gasteiger partial charge < -0.3 is 4.57 Å². The Kier molecular flexibility index (Phi) is 6.38. The topological polar surface area (TPSA) is 17.8 Å². The molecule has 0 saturated carbocycles. The third kappa shape index (κ3) is 4.75. The van der Waals surface area contributed by atoms with Gasteiger partial charge in [0.05, 0.1) is 5.72 Å². The maximum absolute atomic E-state index is 6.57. The van der Waals surface area contributed by atoms with Crippen LogP contribution in [0.5, 0.6) is 0 Å². The van der Waals surface area contributed by atoms with Gasteiger partial charge in [-0.25, -0.2) is 0 Å². The SMILES string of the molecule is Clc1ccccc1C(Bc1nccn1CCc1ccccc1)c1ccccc1Cl. The molecule has 1 aromatic heterocycles. The van der Waals surface area contributed by atoms with Crippen molar-refractivity contribution in [2.24, 2.45) is 0 Å². The molecule has 4 aromatic rings. The standard InChI is InChI=1S/C24H21BCl2N2/c26-21-12-6-4-10-19(21)23(20-11-5-7-13-22(20)27)25-24-28-15-17-29(24)16-14-18-8-2-1-3-9-18/h1-13,15,17,23,25H,14,16H2. The molecule has 29 heavy (non-hydrogen) atoms. The predicted molar refractivity (Wildman–Crippen MR) is 124 cm³/mol. The Hall–Kier alpha value is -2.49. The summed E-state index contributed by atoms with van der Waals surface area (Å²) in [4.78, 5) is 4.66. The number of nitrogens with zero attached hydrogens (tertiary/aromatic N) is 2. The minimum atomic E-state index is 0.0373. The van der Waals surface area contributed by atoms with Crippen LogP contribution in [0.2, 0.25) is 10.0 Å². The molecule has 5 heteroatoms. The van der Waals surface area contributed by atoms with Crippen LogP contribution in [0, 0.1) is 0 Å². The number of halogens is 2. The van der Waals surface area contributed by atoms with Crippen LogP contribution in [0.15, 0.2) is 91.3 Å². The van der Waals surface area contributed by atoms with Crippen molar-refractivity contribution in [3.8, 4) is 0 Å². The minimum absolute atomic E-state index is 0.0373. The second-order valence-corrected chi connectivity index (χ2v) is 7.89. The lowest BCUT2D eigenvalue weighted by molar-refractivity contribution is 0.712. The van der Waals surface area contributed by atoms with Gasteiger partial charge >= 0.3 is 0 Å². The van der Waals surface area contributed by atoms with Crippen LogP contribution >= 0.6 is 23.2 Å². The Labute approximate surface area is 182 Å². The summed E-state index contributed by atoms with van der Waals surface area (Å²) in [6.07, 6.45) is 4.89. The third-order valence-corrected chi connectivity index (χ3v) is 5.92. The fourth-order valence-corrected chi connectivity index (χ4v) is 4.25. The molecule has 0 fully saturated rings. The summed E-state index contributed by atoms with van der Waals surface area (Å²) in [6, 6.07) is 26.5. The van der Waals surface area contributed by atoms with Crippen molar-refractivity contribution in [1.29, 1.82) is 0 Å². The normalized spacial score (nSPS) is 11.0. The second kappa shape index (κ2) is 9.34. The van der Waals surface area contributed by atoms with Crippen molar-refractivity contribution in [1.82, 2.24) is 9.55 Å². The van der Waals surface area contributed by atoms with E-state index in [1.165, 1.54) is 5.56 Å². The molecule has 4 rings (SSSR count). The first kappa shape index (κ1) is 19.8. The van der Waals surface area contributed by atoms with Gasteiger partial charge in [0.1, 0.15) is 0 Å². The first-order valence-corrected chi connectivity index (χ1v) is 10.5. The van der Waals surface area contributed by atoms with E-state index in [0.717, 1.165) is 47.1 Å². The highest BCUT2D eigenvalue weighted by molar-refractivity contribution is 6.54. The quantitative estimate of drug-likeness (QED) is 0.373. The number of hydrogen-bond acceptors (Lipinski definition) is 1. The highest BCUT2D eigenvalue weighted by Gasteiger charge is 2.23. The molecule has 0 unspecified atom stereocenters. The van der Waals surface area contributed by atoms with Gasteiger partial charge in [-0.2, -0.15) is 0 Å². The van der Waals surface area contributed by atoms with Gasteiger partial charge in [0.25, 0.3) is 0 Å². The van der Waals surface area contributed by atoms with Crippen molar-refractivity contribution in [3.05, 3.63) is 118 Å². The van der Waals surface area contributed by atoms with E-state index in [4.69, 9.17) is 23.2 Å². The van der Waals surface area contributed by atoms with Gasteiger partial charge in [-0.1, -0.05) is 89.9 Å². The number of rotatable bonds is 7. The molecule has 0 aliphatic carbocycles. The first-order chi connectivity index (χ1) is 14.2. The summed E-state index contributed by atoms with van der Waals surface area (Å²) in [7, 11) is 0.731. The summed E-state index contributed by atoms with van der Waals surface area (Å²) in [5, 5.41) is 1.50. The molecule has 0 bridgehead atoms. The van der Waals surface area contributed by atoms with E-state index in [2.05, 4.69) is 52.1 Å². The lowest BCUT2D eigenvalue weighted by atomic mass is 9.58. The molecular weight excluding hydrogens is 398 g/mol. The van der Waals surface area contributed by atoms with E-state index in [-0.39, 0.29) is 5.82 Å². The van der Waals surface area contributed by atoms with Crippen LogP contribution in [0.4, 0.5) is 0 Å². The van der Waals surface area contributed by atoms with Crippen LogP contribution in [-0.2, 0) is 13.0 Å². The molecule has 0 saturated heterocycles. The van der Waals surface area contributed by atoms with Gasteiger partial charge in [-0.15, -0.1) is 0 Å². The number of imidazole rings is 1. The smallest absolute Gasteiger partial charge is 0.217 e. The van der Waals surface area contributed by atoms with Crippen LogP contribution in [-0.4, -0.2) is 16.8 Å². The minimum Gasteiger partial charge on any atom is -0.343 e. The molecule has 0 atom stereocenters. The number of aromatic nitrogens is 2. The van der Waals surface area contributed by atoms with Crippen LogP contribution < -0.4 is 5.72 Å². The highest BCUT2D eigenvalue weighted by atomic mass is 35.5. The van der Waals surface area contributed by atoms with Crippen LogP contribution in [0.1, 0.15) is 22.5 Å². The molecule has 0 N–H and O–H groups in total. The molecule has 0 aliphatic rings. The van der Waals surface area contributed by atoms with Gasteiger partial charge in [-0.3, -0.25) is 4.98 Å². The maximum Gasteiger partial charge on any atom is 0.217 e. The Balaban J connectivity index is 1.63. The number of hydrogen-bond donors (Lipinski definition) is 0. The van der Waals surface area contributed by atoms with E-state index in [1.54, 1.807) is 0 Å². The van der Waals surface area contributed by atoms with Gasteiger partial charge in [0.15, 0.2) is 0 Å². The average molecular weight is 419 g/mol. The largest absolute Gasteiger partial charge is 0.343 e. The van der Waals surface area contributed by atoms with Gasteiger partial charge in [0, 0.05) is 29.0 Å². The van der Waals surface area contributed by atoms with Crippen LogP contribution in [0.25, 0.3) is 0 Å². The molecule has 1 heterocycles. The number of aryl methyl sites for hydroxylation is 2. The molecule has 0 radical (unpaired) electrons. The molecule has 144 valence electrons. The zero-order valence-corrected chi connectivity index (χ0v) is 17.5. The Morgan fingerprint density at radius 1 is 0.793 bits per heavy atom. The molecular formula is C24H21BCl2N2. The lowest BCUT2D eigenvalue weighted by Gasteiger charge is -2.20. The van der Waals surface area contributed by atoms with Crippen molar-refractivity contribution in [2.45, 2.75) is 18.8 Å². The zero-order chi connectivity index (χ0) is 20.1. The molecule has 0 spiro atoms. The van der Waals surface area contributed by atoms with E-state index in [1.807, 2.05) is 48.7 Å².